The van der Waals surface area contributed by atoms with Crippen molar-refractivity contribution in [3.63, 3.8) is 0 Å². The van der Waals surface area contributed by atoms with Crippen molar-refractivity contribution in [1.29, 1.82) is 5.26 Å². The quantitative estimate of drug-likeness (QED) is 0.914. The van der Waals surface area contributed by atoms with E-state index in [0.717, 1.165) is 11.3 Å². The first-order valence-corrected chi connectivity index (χ1v) is 6.29. The zero-order valence-corrected chi connectivity index (χ0v) is 10.9. The number of aromatic nitrogens is 2. The topological polar surface area (TPSA) is 70.7 Å². The van der Waals surface area contributed by atoms with E-state index in [9.17, 15) is 4.79 Å². The van der Waals surface area contributed by atoms with Gasteiger partial charge in [0.15, 0.2) is 0 Å². The highest BCUT2D eigenvalue weighted by molar-refractivity contribution is 7.08. The maximum absolute atomic E-state index is 12.0. The molecule has 2 rings (SSSR count). The predicted molar refractivity (Wildman–Crippen MR) is 68.1 cm³/mol. The van der Waals surface area contributed by atoms with E-state index in [1.54, 1.807) is 13.1 Å². The van der Waals surface area contributed by atoms with Crippen molar-refractivity contribution in [3.8, 4) is 6.07 Å². The molecule has 1 amide bonds. The highest BCUT2D eigenvalue weighted by Gasteiger charge is 2.18. The predicted octanol–water partition coefficient (Wildman–Crippen LogP) is 1.78. The average molecular weight is 260 g/mol. The summed E-state index contributed by atoms with van der Waals surface area (Å²) in [6.45, 7) is 1.82. The molecule has 0 unspecified atom stereocenters. The van der Waals surface area contributed by atoms with Crippen LogP contribution in [0.25, 0.3) is 0 Å². The Labute approximate surface area is 109 Å². The van der Waals surface area contributed by atoms with E-state index in [2.05, 4.69) is 16.5 Å². The Bertz CT molecular complexity index is 594. The van der Waals surface area contributed by atoms with E-state index >= 15 is 0 Å². The van der Waals surface area contributed by atoms with Crippen molar-refractivity contribution in [3.05, 3.63) is 39.8 Å². The maximum Gasteiger partial charge on any atom is 0.270 e. The molecule has 0 radical (unpaired) electrons. The van der Waals surface area contributed by atoms with Crippen molar-refractivity contribution in [2.75, 3.05) is 0 Å². The minimum absolute atomic E-state index is 0.296. The zero-order chi connectivity index (χ0) is 13.1. The second kappa shape index (κ2) is 5.02. The summed E-state index contributed by atoms with van der Waals surface area (Å²) in [4.78, 5) is 12.0. The van der Waals surface area contributed by atoms with Crippen LogP contribution in [0.1, 0.15) is 27.8 Å². The van der Waals surface area contributed by atoms with Crippen LogP contribution in [0.5, 0.6) is 0 Å². The Balaban J connectivity index is 2.16. The van der Waals surface area contributed by atoms with Gasteiger partial charge >= 0.3 is 0 Å². The lowest BCUT2D eigenvalue weighted by Gasteiger charge is -2.09. The van der Waals surface area contributed by atoms with E-state index in [1.165, 1.54) is 16.0 Å². The number of nitrogens with one attached hydrogen (secondary N) is 1. The molecule has 0 saturated carbocycles. The summed E-state index contributed by atoms with van der Waals surface area (Å²) in [5.41, 5.74) is 2.02. The van der Waals surface area contributed by atoms with Crippen LogP contribution in [0, 0.1) is 18.3 Å². The Kier molecular flexibility index (Phi) is 3.44. The van der Waals surface area contributed by atoms with Gasteiger partial charge in [0.25, 0.3) is 5.91 Å². The molecule has 0 aromatic carbocycles. The fourth-order valence-electron chi connectivity index (χ4n) is 1.66. The molecule has 0 fully saturated rings. The number of nitrogens with zero attached hydrogens (tertiary/aromatic N) is 3. The van der Waals surface area contributed by atoms with Gasteiger partial charge in [-0.2, -0.15) is 21.7 Å². The summed E-state index contributed by atoms with van der Waals surface area (Å²) < 4.78 is 1.51. The second-order valence-corrected chi connectivity index (χ2v) is 4.67. The summed E-state index contributed by atoms with van der Waals surface area (Å²) in [6.07, 6.45) is 0. The average Bonchev–Trinajstić information content (AvgIpc) is 2.95. The largest absolute Gasteiger partial charge is 0.331 e. The van der Waals surface area contributed by atoms with Gasteiger partial charge in [0.05, 0.1) is 11.8 Å². The number of rotatable bonds is 3. The number of hydrogen-bond donors (Lipinski definition) is 1. The molecule has 0 aliphatic carbocycles. The monoisotopic (exact) mass is 260 g/mol. The fourth-order valence-corrected chi connectivity index (χ4v) is 2.34. The summed E-state index contributed by atoms with van der Waals surface area (Å²) in [7, 11) is 1.70. The van der Waals surface area contributed by atoms with Crippen LogP contribution in [-0.2, 0) is 7.05 Å². The normalized spacial score (nSPS) is 11.8. The molecule has 1 N–H and O–H groups in total. The van der Waals surface area contributed by atoms with Crippen LogP contribution in [0.15, 0.2) is 22.9 Å². The summed E-state index contributed by atoms with van der Waals surface area (Å²) >= 11 is 1.49. The molecule has 0 spiro atoms. The molecule has 5 nitrogen and oxygen atoms in total. The van der Waals surface area contributed by atoms with Crippen LogP contribution in [0.4, 0.5) is 0 Å². The molecular formula is C12H12N4OS. The highest BCUT2D eigenvalue weighted by Crippen LogP contribution is 2.16. The van der Waals surface area contributed by atoms with Gasteiger partial charge in [0, 0.05) is 7.05 Å². The van der Waals surface area contributed by atoms with E-state index in [1.807, 2.05) is 23.8 Å². The molecule has 1 atom stereocenters. The smallest absolute Gasteiger partial charge is 0.270 e. The van der Waals surface area contributed by atoms with Gasteiger partial charge in [-0.1, -0.05) is 0 Å². The second-order valence-electron chi connectivity index (χ2n) is 3.89. The van der Waals surface area contributed by atoms with Gasteiger partial charge in [0.2, 0.25) is 0 Å². The van der Waals surface area contributed by atoms with Crippen molar-refractivity contribution >= 4 is 17.2 Å². The molecule has 2 aromatic heterocycles. The lowest BCUT2D eigenvalue weighted by atomic mass is 10.1. The number of thiophene rings is 1. The Hall–Kier alpha value is -2.13. The van der Waals surface area contributed by atoms with E-state index in [0.29, 0.717) is 5.69 Å². The standard InChI is InChI=1S/C12H12N4OS/c1-8-5-11(16(2)15-8)12(17)14-10(6-13)9-3-4-18-7-9/h3-5,7,10H,1-2H3,(H,14,17)/t10-/m1/s1. The number of carbonyl (C=O) groups is 1. The Morgan fingerprint density at radius 3 is 2.94 bits per heavy atom. The third-order valence-electron chi connectivity index (χ3n) is 2.52. The van der Waals surface area contributed by atoms with Gasteiger partial charge < -0.3 is 5.32 Å². The molecule has 0 aliphatic heterocycles. The third-order valence-corrected chi connectivity index (χ3v) is 3.22. The number of carbonyl (C=O) groups excluding carboxylic acids is 1. The fraction of sp³-hybridized carbons (Fsp3) is 0.250. The summed E-state index contributed by atoms with van der Waals surface area (Å²) in [5.74, 6) is -0.296. The molecule has 0 aliphatic rings. The van der Waals surface area contributed by atoms with E-state index < -0.39 is 6.04 Å². The SMILES string of the molecule is Cc1cc(C(=O)N[C@H](C#N)c2ccsc2)n(C)n1. The number of nitriles is 1. The first kappa shape index (κ1) is 12.3. The minimum atomic E-state index is -0.626. The first-order chi connectivity index (χ1) is 8.61. The van der Waals surface area contributed by atoms with Gasteiger partial charge in [0.1, 0.15) is 11.7 Å². The lowest BCUT2D eigenvalue weighted by Crippen LogP contribution is -2.29. The molecule has 0 saturated heterocycles. The van der Waals surface area contributed by atoms with Crippen molar-refractivity contribution < 1.29 is 4.79 Å². The van der Waals surface area contributed by atoms with Crippen molar-refractivity contribution in [2.45, 2.75) is 13.0 Å². The molecule has 6 heteroatoms. The minimum Gasteiger partial charge on any atom is -0.331 e. The third kappa shape index (κ3) is 2.41. The Morgan fingerprint density at radius 1 is 1.67 bits per heavy atom. The molecule has 2 aromatic rings. The molecule has 0 bridgehead atoms. The van der Waals surface area contributed by atoms with Crippen LogP contribution in [-0.4, -0.2) is 15.7 Å². The van der Waals surface area contributed by atoms with Gasteiger partial charge in [-0.25, -0.2) is 0 Å². The molecule has 2 heterocycles. The molecule has 92 valence electrons. The van der Waals surface area contributed by atoms with Gasteiger partial charge in [-0.15, -0.1) is 0 Å². The highest BCUT2D eigenvalue weighted by atomic mass is 32.1. The molecular weight excluding hydrogens is 248 g/mol. The van der Waals surface area contributed by atoms with Crippen molar-refractivity contribution in [2.24, 2.45) is 7.05 Å². The van der Waals surface area contributed by atoms with Crippen molar-refractivity contribution in [1.82, 2.24) is 15.1 Å². The van der Waals surface area contributed by atoms with E-state index in [4.69, 9.17) is 5.26 Å². The summed E-state index contributed by atoms with van der Waals surface area (Å²) in [6, 6.07) is 4.97. The Morgan fingerprint density at radius 2 is 2.44 bits per heavy atom. The zero-order valence-electron chi connectivity index (χ0n) is 10.0. The van der Waals surface area contributed by atoms with Crippen LogP contribution in [0.3, 0.4) is 0 Å². The van der Waals surface area contributed by atoms with Crippen LogP contribution < -0.4 is 5.32 Å². The first-order valence-electron chi connectivity index (χ1n) is 5.35. The summed E-state index contributed by atoms with van der Waals surface area (Å²) in [5, 5.41) is 19.6. The number of aryl methyl sites for hydroxylation is 2. The number of hydrogen-bond acceptors (Lipinski definition) is 4. The van der Waals surface area contributed by atoms with Crippen LogP contribution >= 0.6 is 11.3 Å². The lowest BCUT2D eigenvalue weighted by molar-refractivity contribution is 0.0935. The van der Waals surface area contributed by atoms with E-state index in [-0.39, 0.29) is 5.91 Å². The number of amides is 1. The van der Waals surface area contributed by atoms with Crippen LogP contribution in [0.2, 0.25) is 0 Å². The van der Waals surface area contributed by atoms with Gasteiger partial charge in [-0.3, -0.25) is 9.48 Å². The maximum atomic E-state index is 12.0. The molecule has 18 heavy (non-hydrogen) atoms. The van der Waals surface area contributed by atoms with Gasteiger partial charge in [-0.05, 0) is 35.4 Å².